The van der Waals surface area contributed by atoms with Crippen molar-refractivity contribution in [3.8, 4) is 0 Å². The standard InChI is InChI=1S/C28H44/c1-18(2)19(3)11-12-20(4)26-13-14-27-25-17-22-9-7-8-10-23(22)21(5)24(25)15-16-28(26,27)6/h17-20,26-27H,7-16H2,1-6H3. The van der Waals surface area contributed by atoms with Crippen molar-refractivity contribution in [1.29, 1.82) is 0 Å². The van der Waals surface area contributed by atoms with E-state index in [9.17, 15) is 0 Å². The Morgan fingerprint density at radius 3 is 2.46 bits per heavy atom. The molecule has 0 aliphatic heterocycles. The smallest absolute Gasteiger partial charge is 0.0102 e. The van der Waals surface area contributed by atoms with Gasteiger partial charge < -0.3 is 0 Å². The van der Waals surface area contributed by atoms with Crippen molar-refractivity contribution < 1.29 is 0 Å². The van der Waals surface area contributed by atoms with Crippen LogP contribution >= 0.6 is 0 Å². The molecule has 0 N–H and O–H groups in total. The summed E-state index contributed by atoms with van der Waals surface area (Å²) in [5.41, 5.74) is 9.25. The second-order valence-electron chi connectivity index (χ2n) is 11.4. The summed E-state index contributed by atoms with van der Waals surface area (Å²) in [6, 6.07) is 2.70. The first-order chi connectivity index (χ1) is 13.3. The van der Waals surface area contributed by atoms with Crippen LogP contribution in [0.2, 0.25) is 0 Å². The van der Waals surface area contributed by atoms with Gasteiger partial charge in [0.25, 0.3) is 0 Å². The van der Waals surface area contributed by atoms with Gasteiger partial charge in [0, 0.05) is 0 Å². The Labute approximate surface area is 174 Å². The van der Waals surface area contributed by atoms with E-state index in [1.165, 1.54) is 64.2 Å². The van der Waals surface area contributed by atoms with E-state index >= 15 is 0 Å². The van der Waals surface area contributed by atoms with Crippen molar-refractivity contribution in [2.75, 3.05) is 0 Å². The van der Waals surface area contributed by atoms with Crippen LogP contribution in [0.5, 0.6) is 0 Å². The topological polar surface area (TPSA) is 0 Å². The molecule has 4 rings (SSSR count). The lowest BCUT2D eigenvalue weighted by atomic mass is 9.59. The van der Waals surface area contributed by atoms with E-state index in [1.54, 1.807) is 27.8 Å². The zero-order valence-corrected chi connectivity index (χ0v) is 19.5. The van der Waals surface area contributed by atoms with Crippen LogP contribution in [0.4, 0.5) is 0 Å². The fraction of sp³-hybridized carbons (Fsp3) is 0.786. The van der Waals surface area contributed by atoms with Gasteiger partial charge >= 0.3 is 0 Å². The Hall–Kier alpha value is -0.780. The summed E-state index contributed by atoms with van der Waals surface area (Å²) in [7, 11) is 0. The molecule has 0 aromatic heterocycles. The molecule has 0 heterocycles. The second kappa shape index (κ2) is 7.81. The van der Waals surface area contributed by atoms with E-state index < -0.39 is 0 Å². The van der Waals surface area contributed by atoms with Crippen molar-refractivity contribution >= 4 is 0 Å². The molecule has 0 spiro atoms. The largest absolute Gasteiger partial charge is 0.0625 e. The first-order valence-corrected chi connectivity index (χ1v) is 12.5. The Kier molecular flexibility index (Phi) is 5.71. The lowest BCUT2D eigenvalue weighted by Crippen LogP contribution is -2.36. The first-order valence-electron chi connectivity index (χ1n) is 12.5. The van der Waals surface area contributed by atoms with Gasteiger partial charge in [-0.25, -0.2) is 0 Å². The van der Waals surface area contributed by atoms with E-state index in [0.717, 1.165) is 29.6 Å². The number of rotatable bonds is 5. The van der Waals surface area contributed by atoms with Crippen LogP contribution in [0.25, 0.3) is 0 Å². The molecule has 1 saturated carbocycles. The van der Waals surface area contributed by atoms with Crippen LogP contribution in [0.15, 0.2) is 6.07 Å². The zero-order valence-electron chi connectivity index (χ0n) is 19.5. The molecule has 3 aliphatic rings. The molecule has 156 valence electrons. The van der Waals surface area contributed by atoms with E-state index in [-0.39, 0.29) is 0 Å². The fourth-order valence-corrected chi connectivity index (χ4v) is 7.36. The van der Waals surface area contributed by atoms with Gasteiger partial charge in [0.15, 0.2) is 0 Å². The van der Waals surface area contributed by atoms with Crippen LogP contribution in [-0.4, -0.2) is 0 Å². The van der Waals surface area contributed by atoms with Crippen LogP contribution < -0.4 is 0 Å². The van der Waals surface area contributed by atoms with Crippen molar-refractivity contribution in [3.05, 3.63) is 33.9 Å². The number of fused-ring (bicyclic) bond motifs is 4. The summed E-state index contributed by atoms with van der Waals surface area (Å²) >= 11 is 0. The van der Waals surface area contributed by atoms with Gasteiger partial charge in [-0.1, -0.05) is 53.5 Å². The van der Waals surface area contributed by atoms with Crippen molar-refractivity contribution in [3.63, 3.8) is 0 Å². The SMILES string of the molecule is Cc1c2c(cc3c1CCC1(C)C3CCC1C(C)CCC(C)C(C)C)CCCC2. The van der Waals surface area contributed by atoms with Gasteiger partial charge in [-0.2, -0.15) is 0 Å². The van der Waals surface area contributed by atoms with Crippen molar-refractivity contribution in [2.45, 2.75) is 112 Å². The van der Waals surface area contributed by atoms with Gasteiger partial charge in [-0.15, -0.1) is 0 Å². The van der Waals surface area contributed by atoms with Crippen LogP contribution in [0, 0.1) is 36.0 Å². The molecular formula is C28H44. The van der Waals surface area contributed by atoms with Gasteiger partial charge in [-0.05, 0) is 121 Å². The van der Waals surface area contributed by atoms with Crippen LogP contribution in [0.3, 0.4) is 0 Å². The second-order valence-corrected chi connectivity index (χ2v) is 11.4. The zero-order chi connectivity index (χ0) is 20.1. The third-order valence-electron chi connectivity index (χ3n) is 9.69. The molecule has 5 unspecified atom stereocenters. The Morgan fingerprint density at radius 2 is 1.71 bits per heavy atom. The molecular weight excluding hydrogens is 336 g/mol. The summed E-state index contributed by atoms with van der Waals surface area (Å²) in [6.07, 6.45) is 14.0. The summed E-state index contributed by atoms with van der Waals surface area (Å²) in [4.78, 5) is 0. The summed E-state index contributed by atoms with van der Waals surface area (Å²) in [5.74, 6) is 4.35. The Morgan fingerprint density at radius 1 is 0.964 bits per heavy atom. The average Bonchev–Trinajstić information content (AvgIpc) is 3.03. The number of hydrogen-bond donors (Lipinski definition) is 0. The number of hydrogen-bond acceptors (Lipinski definition) is 0. The molecule has 0 nitrogen and oxygen atoms in total. The number of aryl methyl sites for hydroxylation is 1. The minimum Gasteiger partial charge on any atom is -0.0625 e. The van der Waals surface area contributed by atoms with Gasteiger partial charge in [-0.3, -0.25) is 0 Å². The lowest BCUT2D eigenvalue weighted by Gasteiger charge is -2.45. The minimum absolute atomic E-state index is 0.544. The molecule has 0 saturated heterocycles. The van der Waals surface area contributed by atoms with Crippen LogP contribution in [-0.2, 0) is 19.3 Å². The van der Waals surface area contributed by atoms with Gasteiger partial charge in [0.05, 0.1) is 0 Å². The highest BCUT2D eigenvalue weighted by molar-refractivity contribution is 5.50. The van der Waals surface area contributed by atoms with Crippen molar-refractivity contribution in [1.82, 2.24) is 0 Å². The Balaban J connectivity index is 1.57. The van der Waals surface area contributed by atoms with Gasteiger partial charge in [0.2, 0.25) is 0 Å². The minimum atomic E-state index is 0.544. The number of benzene rings is 1. The highest BCUT2D eigenvalue weighted by Gasteiger charge is 2.51. The molecule has 0 radical (unpaired) electrons. The summed E-state index contributed by atoms with van der Waals surface area (Å²) in [5, 5.41) is 0. The van der Waals surface area contributed by atoms with Crippen molar-refractivity contribution in [2.24, 2.45) is 29.1 Å². The maximum atomic E-state index is 2.70. The van der Waals surface area contributed by atoms with E-state index in [1.807, 2.05) is 0 Å². The van der Waals surface area contributed by atoms with E-state index in [0.29, 0.717) is 5.41 Å². The first kappa shape index (κ1) is 20.5. The average molecular weight is 381 g/mol. The Bertz CT molecular complexity index is 711. The van der Waals surface area contributed by atoms with E-state index in [4.69, 9.17) is 0 Å². The third kappa shape index (κ3) is 3.37. The maximum Gasteiger partial charge on any atom is -0.0102 e. The van der Waals surface area contributed by atoms with Crippen LogP contribution in [0.1, 0.15) is 113 Å². The molecule has 5 atom stereocenters. The quantitative estimate of drug-likeness (QED) is 0.485. The highest BCUT2D eigenvalue weighted by Crippen LogP contribution is 2.61. The predicted molar refractivity (Wildman–Crippen MR) is 122 cm³/mol. The molecule has 28 heavy (non-hydrogen) atoms. The summed E-state index contributed by atoms with van der Waals surface area (Å²) < 4.78 is 0. The lowest BCUT2D eigenvalue weighted by molar-refractivity contribution is 0.115. The molecule has 0 bridgehead atoms. The third-order valence-corrected chi connectivity index (χ3v) is 9.69. The fourth-order valence-electron chi connectivity index (χ4n) is 7.36. The van der Waals surface area contributed by atoms with E-state index in [2.05, 4.69) is 47.6 Å². The molecule has 1 fully saturated rings. The summed E-state index contributed by atoms with van der Waals surface area (Å²) in [6.45, 7) is 15.0. The molecule has 0 amide bonds. The monoisotopic (exact) mass is 380 g/mol. The molecule has 1 aromatic rings. The van der Waals surface area contributed by atoms with Gasteiger partial charge in [0.1, 0.15) is 0 Å². The molecule has 1 aromatic carbocycles. The molecule has 3 aliphatic carbocycles. The molecule has 0 heteroatoms. The highest BCUT2D eigenvalue weighted by atomic mass is 14.6. The predicted octanol–water partition coefficient (Wildman–Crippen LogP) is 8.03. The maximum absolute atomic E-state index is 2.70. The normalized spacial score (nSPS) is 31.2.